The van der Waals surface area contributed by atoms with Crippen molar-refractivity contribution in [3.8, 4) is 12.3 Å². The predicted molar refractivity (Wildman–Crippen MR) is 56.1 cm³/mol. The SMILES string of the molecule is C#CC(C)(C)Nc1cc(=O)[nH]c(C)n1. The van der Waals surface area contributed by atoms with Gasteiger partial charge in [-0.3, -0.25) is 4.79 Å². The van der Waals surface area contributed by atoms with Crippen LogP contribution in [-0.4, -0.2) is 15.5 Å². The highest BCUT2D eigenvalue weighted by Crippen LogP contribution is 2.09. The Balaban J connectivity index is 3.00. The monoisotopic (exact) mass is 191 g/mol. The molecule has 0 atom stereocenters. The highest BCUT2D eigenvalue weighted by atomic mass is 16.1. The molecule has 0 aliphatic heterocycles. The topological polar surface area (TPSA) is 57.8 Å². The number of nitrogens with zero attached hydrogens (tertiary/aromatic N) is 1. The van der Waals surface area contributed by atoms with Crippen molar-refractivity contribution in [1.29, 1.82) is 0 Å². The van der Waals surface area contributed by atoms with Crippen LogP contribution >= 0.6 is 0 Å². The van der Waals surface area contributed by atoms with Gasteiger partial charge >= 0.3 is 0 Å². The summed E-state index contributed by atoms with van der Waals surface area (Å²) in [6.45, 7) is 5.39. The quantitative estimate of drug-likeness (QED) is 0.683. The van der Waals surface area contributed by atoms with Crippen LogP contribution in [0, 0.1) is 19.3 Å². The molecule has 1 aromatic rings. The molecule has 0 amide bonds. The van der Waals surface area contributed by atoms with Crippen LogP contribution in [0.1, 0.15) is 19.7 Å². The average molecular weight is 191 g/mol. The number of rotatable bonds is 2. The van der Waals surface area contributed by atoms with Gasteiger partial charge in [0.05, 0.1) is 5.54 Å². The Morgan fingerprint density at radius 2 is 2.29 bits per heavy atom. The molecule has 0 unspecified atom stereocenters. The van der Waals surface area contributed by atoms with Crippen molar-refractivity contribution in [2.24, 2.45) is 0 Å². The standard InChI is InChI=1S/C10H13N3O/c1-5-10(3,4)13-8-6-9(14)12-7(2)11-8/h1,6H,2-4H3,(H2,11,12,13,14). The van der Waals surface area contributed by atoms with E-state index in [2.05, 4.69) is 21.2 Å². The molecule has 0 aromatic carbocycles. The molecule has 4 heteroatoms. The van der Waals surface area contributed by atoms with Crippen molar-refractivity contribution in [1.82, 2.24) is 9.97 Å². The predicted octanol–water partition coefficient (Wildman–Crippen LogP) is 0.902. The molecule has 1 aromatic heterocycles. The molecule has 0 saturated carbocycles. The lowest BCUT2D eigenvalue weighted by atomic mass is 10.1. The highest BCUT2D eigenvalue weighted by molar-refractivity contribution is 5.39. The Kier molecular flexibility index (Phi) is 2.61. The number of hydrogen-bond acceptors (Lipinski definition) is 3. The smallest absolute Gasteiger partial charge is 0.252 e. The Morgan fingerprint density at radius 3 is 2.79 bits per heavy atom. The fraction of sp³-hybridized carbons (Fsp3) is 0.400. The van der Waals surface area contributed by atoms with Crippen molar-refractivity contribution in [2.45, 2.75) is 26.3 Å². The van der Waals surface area contributed by atoms with Gasteiger partial charge in [0.1, 0.15) is 11.6 Å². The minimum absolute atomic E-state index is 0.187. The molecule has 0 aliphatic rings. The summed E-state index contributed by atoms with van der Waals surface area (Å²) in [6, 6.07) is 1.38. The van der Waals surface area contributed by atoms with Gasteiger partial charge in [0.25, 0.3) is 5.56 Å². The van der Waals surface area contributed by atoms with E-state index in [1.165, 1.54) is 6.07 Å². The molecule has 0 aliphatic carbocycles. The van der Waals surface area contributed by atoms with Gasteiger partial charge in [-0.25, -0.2) is 4.98 Å². The van der Waals surface area contributed by atoms with Crippen LogP contribution in [0.3, 0.4) is 0 Å². The van der Waals surface area contributed by atoms with Crippen LogP contribution in [0.25, 0.3) is 0 Å². The first-order valence-electron chi connectivity index (χ1n) is 4.27. The van der Waals surface area contributed by atoms with Crippen molar-refractivity contribution >= 4 is 5.82 Å². The zero-order chi connectivity index (χ0) is 10.8. The number of aromatic amines is 1. The van der Waals surface area contributed by atoms with Gasteiger partial charge in [0.15, 0.2) is 0 Å². The van der Waals surface area contributed by atoms with Gasteiger partial charge in [0, 0.05) is 6.07 Å². The normalized spacial score (nSPS) is 10.7. The second kappa shape index (κ2) is 3.54. The number of aryl methyl sites for hydroxylation is 1. The number of nitrogens with one attached hydrogen (secondary N) is 2. The molecule has 1 rings (SSSR count). The maximum absolute atomic E-state index is 11.1. The molecule has 0 fully saturated rings. The molecule has 1 heterocycles. The molecule has 74 valence electrons. The van der Waals surface area contributed by atoms with Crippen LogP contribution in [0.15, 0.2) is 10.9 Å². The van der Waals surface area contributed by atoms with E-state index in [1.54, 1.807) is 6.92 Å². The molecule has 0 bridgehead atoms. The summed E-state index contributed by atoms with van der Waals surface area (Å²) in [5.41, 5.74) is -0.694. The first-order valence-corrected chi connectivity index (χ1v) is 4.27. The van der Waals surface area contributed by atoms with Gasteiger partial charge in [-0.1, -0.05) is 5.92 Å². The summed E-state index contributed by atoms with van der Waals surface area (Å²) in [5.74, 6) is 3.62. The molecule has 4 nitrogen and oxygen atoms in total. The van der Waals surface area contributed by atoms with Gasteiger partial charge in [-0.05, 0) is 20.8 Å². The third-order valence-electron chi connectivity index (χ3n) is 1.66. The van der Waals surface area contributed by atoms with Crippen LogP contribution in [0.4, 0.5) is 5.82 Å². The maximum atomic E-state index is 11.1. The first-order chi connectivity index (χ1) is 6.43. The van der Waals surface area contributed by atoms with Crippen molar-refractivity contribution in [3.63, 3.8) is 0 Å². The fourth-order valence-electron chi connectivity index (χ4n) is 1.000. The number of anilines is 1. The fourth-order valence-corrected chi connectivity index (χ4v) is 1.000. The summed E-state index contributed by atoms with van der Waals surface area (Å²) in [7, 11) is 0. The lowest BCUT2D eigenvalue weighted by Crippen LogP contribution is -2.30. The van der Waals surface area contributed by atoms with Crippen LogP contribution < -0.4 is 10.9 Å². The van der Waals surface area contributed by atoms with Crippen molar-refractivity contribution in [3.05, 3.63) is 22.2 Å². The molecule has 0 saturated heterocycles. The Labute approximate surface area is 82.8 Å². The minimum atomic E-state index is -0.507. The molecule has 0 spiro atoms. The van der Waals surface area contributed by atoms with E-state index in [-0.39, 0.29) is 5.56 Å². The largest absolute Gasteiger partial charge is 0.354 e. The summed E-state index contributed by atoms with van der Waals surface area (Å²) >= 11 is 0. The second-order valence-electron chi connectivity index (χ2n) is 3.61. The Morgan fingerprint density at radius 1 is 1.64 bits per heavy atom. The van der Waals surface area contributed by atoms with Crippen LogP contribution in [0.5, 0.6) is 0 Å². The van der Waals surface area contributed by atoms with Gasteiger partial charge in [0.2, 0.25) is 0 Å². The zero-order valence-electron chi connectivity index (χ0n) is 8.51. The molecule has 14 heavy (non-hydrogen) atoms. The van der Waals surface area contributed by atoms with Crippen molar-refractivity contribution in [2.75, 3.05) is 5.32 Å². The van der Waals surface area contributed by atoms with Crippen LogP contribution in [-0.2, 0) is 0 Å². The molecular weight excluding hydrogens is 178 g/mol. The second-order valence-corrected chi connectivity index (χ2v) is 3.61. The molecular formula is C10H13N3O. The van der Waals surface area contributed by atoms with E-state index in [9.17, 15) is 4.79 Å². The van der Waals surface area contributed by atoms with Crippen LogP contribution in [0.2, 0.25) is 0 Å². The average Bonchev–Trinajstić information content (AvgIpc) is 2.01. The summed E-state index contributed by atoms with van der Waals surface area (Å²) in [6.07, 6.45) is 5.30. The Hall–Kier alpha value is -1.76. The maximum Gasteiger partial charge on any atom is 0.252 e. The summed E-state index contributed by atoms with van der Waals surface area (Å²) in [5, 5.41) is 2.98. The summed E-state index contributed by atoms with van der Waals surface area (Å²) < 4.78 is 0. The van der Waals surface area contributed by atoms with E-state index in [0.29, 0.717) is 11.6 Å². The van der Waals surface area contributed by atoms with E-state index in [4.69, 9.17) is 6.42 Å². The number of terminal acetylenes is 1. The number of aromatic nitrogens is 2. The van der Waals surface area contributed by atoms with E-state index in [1.807, 2.05) is 13.8 Å². The third-order valence-corrected chi connectivity index (χ3v) is 1.66. The molecule has 0 radical (unpaired) electrons. The lowest BCUT2D eigenvalue weighted by molar-refractivity contribution is 0.733. The van der Waals surface area contributed by atoms with E-state index < -0.39 is 5.54 Å². The number of hydrogen-bond donors (Lipinski definition) is 2. The van der Waals surface area contributed by atoms with E-state index in [0.717, 1.165) is 0 Å². The third kappa shape index (κ3) is 2.63. The summed E-state index contributed by atoms with van der Waals surface area (Å²) in [4.78, 5) is 17.8. The Bertz CT molecular complexity index is 426. The van der Waals surface area contributed by atoms with Gasteiger partial charge < -0.3 is 10.3 Å². The zero-order valence-corrected chi connectivity index (χ0v) is 8.51. The van der Waals surface area contributed by atoms with Gasteiger partial charge in [-0.15, -0.1) is 6.42 Å². The van der Waals surface area contributed by atoms with Gasteiger partial charge in [-0.2, -0.15) is 0 Å². The molecule has 2 N–H and O–H groups in total. The minimum Gasteiger partial charge on any atom is -0.354 e. The highest BCUT2D eigenvalue weighted by Gasteiger charge is 2.13. The van der Waals surface area contributed by atoms with E-state index >= 15 is 0 Å². The number of H-pyrrole nitrogens is 1. The first kappa shape index (κ1) is 10.3. The lowest BCUT2D eigenvalue weighted by Gasteiger charge is -2.19. The van der Waals surface area contributed by atoms with Crippen molar-refractivity contribution < 1.29 is 0 Å².